The molecule has 230 valence electrons. The second-order valence-electron chi connectivity index (χ2n) is 11.3. The number of esters is 1. The van der Waals surface area contributed by atoms with Crippen LogP contribution in [0.15, 0.2) is 72.8 Å². The predicted octanol–water partition coefficient (Wildman–Crippen LogP) is 3.33. The number of aliphatic hydroxyl groups is 1. The number of allylic oxidation sites excluding steroid dienone is 1. The number of cyclic esters (lactones) is 1. The highest BCUT2D eigenvalue weighted by Crippen LogP contribution is 2.31. The quantitative estimate of drug-likeness (QED) is 0.259. The number of carbonyl (C=O) groups is 4. The second-order valence-corrected chi connectivity index (χ2v) is 11.3. The standard InChI is InChI=1S/C33H41N3O7/c37-21-27(19-24-11-3-1-4-12-24)34-29(38)20-26-15-7-8-16-28(35-32(41)42-22-25-13-5-2-6-14-25)31(40)43-23-33(36-30(26)39)17-9-10-18-33/h1-8,11-14,26-28,37H,9-10,15-23H2,(H,34,38)(H,35,41)(H,36,39)/t26-,27-,28-/m1/s1. The van der Waals surface area contributed by atoms with Crippen LogP contribution in [0.25, 0.3) is 0 Å². The van der Waals surface area contributed by atoms with Crippen LogP contribution in [0.2, 0.25) is 0 Å². The lowest BCUT2D eigenvalue weighted by Crippen LogP contribution is -2.53. The van der Waals surface area contributed by atoms with Crippen LogP contribution in [0.1, 0.15) is 56.1 Å². The zero-order chi connectivity index (χ0) is 30.5. The van der Waals surface area contributed by atoms with E-state index in [1.165, 1.54) is 0 Å². The predicted molar refractivity (Wildman–Crippen MR) is 159 cm³/mol. The van der Waals surface area contributed by atoms with E-state index in [9.17, 15) is 24.3 Å². The molecule has 0 unspecified atom stereocenters. The summed E-state index contributed by atoms with van der Waals surface area (Å²) in [6, 6.07) is 17.3. The van der Waals surface area contributed by atoms with Gasteiger partial charge in [0, 0.05) is 6.42 Å². The van der Waals surface area contributed by atoms with Gasteiger partial charge in [-0.3, -0.25) is 9.59 Å². The fourth-order valence-electron chi connectivity index (χ4n) is 5.50. The molecule has 1 spiro atoms. The highest BCUT2D eigenvalue weighted by atomic mass is 16.6. The van der Waals surface area contributed by atoms with Gasteiger partial charge < -0.3 is 30.5 Å². The van der Waals surface area contributed by atoms with Gasteiger partial charge in [-0.1, -0.05) is 85.7 Å². The van der Waals surface area contributed by atoms with Gasteiger partial charge in [-0.05, 0) is 43.2 Å². The van der Waals surface area contributed by atoms with E-state index in [1.807, 2.05) is 60.7 Å². The van der Waals surface area contributed by atoms with Gasteiger partial charge in [-0.2, -0.15) is 0 Å². The molecule has 43 heavy (non-hydrogen) atoms. The Labute approximate surface area is 252 Å². The van der Waals surface area contributed by atoms with Crippen LogP contribution < -0.4 is 16.0 Å². The Hall–Kier alpha value is -4.18. The molecule has 2 aromatic carbocycles. The summed E-state index contributed by atoms with van der Waals surface area (Å²) in [6.45, 7) is -0.194. The Morgan fingerprint density at radius 3 is 2.30 bits per heavy atom. The van der Waals surface area contributed by atoms with E-state index in [2.05, 4.69) is 16.0 Å². The molecule has 1 heterocycles. The van der Waals surface area contributed by atoms with Crippen LogP contribution in [-0.2, 0) is 36.9 Å². The summed E-state index contributed by atoms with van der Waals surface area (Å²) in [7, 11) is 0. The van der Waals surface area contributed by atoms with Gasteiger partial charge in [0.15, 0.2) is 0 Å². The van der Waals surface area contributed by atoms with E-state index in [-0.39, 0.29) is 50.9 Å². The Balaban J connectivity index is 1.41. The molecule has 1 aliphatic heterocycles. The number of aliphatic hydroxyl groups excluding tert-OH is 1. The molecule has 0 aromatic heterocycles. The smallest absolute Gasteiger partial charge is 0.408 e. The van der Waals surface area contributed by atoms with Crippen molar-refractivity contribution in [3.63, 3.8) is 0 Å². The molecule has 2 aromatic rings. The molecule has 4 rings (SSSR count). The summed E-state index contributed by atoms with van der Waals surface area (Å²) < 4.78 is 10.9. The minimum absolute atomic E-state index is 0.0267. The van der Waals surface area contributed by atoms with Crippen molar-refractivity contribution in [2.75, 3.05) is 13.2 Å². The molecular weight excluding hydrogens is 550 g/mol. The van der Waals surface area contributed by atoms with Crippen LogP contribution in [0.5, 0.6) is 0 Å². The van der Waals surface area contributed by atoms with Crippen LogP contribution in [-0.4, -0.2) is 59.8 Å². The number of hydrogen-bond acceptors (Lipinski definition) is 7. The number of carbonyl (C=O) groups excluding carboxylic acids is 4. The molecule has 3 atom stereocenters. The molecule has 2 aliphatic rings. The monoisotopic (exact) mass is 591 g/mol. The minimum Gasteiger partial charge on any atom is -0.462 e. The number of nitrogens with one attached hydrogen (secondary N) is 3. The third-order valence-electron chi connectivity index (χ3n) is 7.90. The topological polar surface area (TPSA) is 143 Å². The van der Waals surface area contributed by atoms with Crippen molar-refractivity contribution >= 4 is 23.9 Å². The maximum Gasteiger partial charge on any atom is 0.408 e. The lowest BCUT2D eigenvalue weighted by Gasteiger charge is -2.32. The molecule has 10 nitrogen and oxygen atoms in total. The van der Waals surface area contributed by atoms with E-state index in [0.717, 1.165) is 24.0 Å². The van der Waals surface area contributed by atoms with Crippen LogP contribution >= 0.6 is 0 Å². The first-order valence-corrected chi connectivity index (χ1v) is 14.9. The number of rotatable bonds is 9. The third-order valence-corrected chi connectivity index (χ3v) is 7.90. The fraction of sp³-hybridized carbons (Fsp3) is 0.455. The highest BCUT2D eigenvalue weighted by Gasteiger charge is 2.39. The number of hydrogen-bond donors (Lipinski definition) is 4. The largest absolute Gasteiger partial charge is 0.462 e. The Morgan fingerprint density at radius 2 is 1.63 bits per heavy atom. The van der Waals surface area contributed by atoms with Crippen molar-refractivity contribution in [2.45, 2.75) is 75.6 Å². The molecule has 3 amide bonds. The number of alkyl carbamates (subject to hydrolysis) is 1. The lowest BCUT2D eigenvalue weighted by atomic mass is 9.93. The Morgan fingerprint density at radius 1 is 0.977 bits per heavy atom. The molecule has 0 bridgehead atoms. The Kier molecular flexibility index (Phi) is 11.7. The van der Waals surface area contributed by atoms with Gasteiger partial charge in [-0.25, -0.2) is 9.59 Å². The molecular formula is C33H41N3O7. The van der Waals surface area contributed by atoms with E-state index >= 15 is 0 Å². The maximum absolute atomic E-state index is 13.5. The summed E-state index contributed by atoms with van der Waals surface area (Å²) in [6.07, 6.45) is 6.52. The molecule has 0 radical (unpaired) electrons. The van der Waals surface area contributed by atoms with Crippen molar-refractivity contribution in [1.82, 2.24) is 16.0 Å². The first kappa shape index (κ1) is 31.7. The van der Waals surface area contributed by atoms with Gasteiger partial charge in [-0.15, -0.1) is 0 Å². The summed E-state index contributed by atoms with van der Waals surface area (Å²) >= 11 is 0. The molecule has 10 heteroatoms. The SMILES string of the molecule is O=C(C[C@H]1CC=CC[C@@H](NC(=O)OCc2ccccc2)C(=O)OCC2(CCCC2)NC1=O)N[C@@H](CO)Cc1ccccc1. The normalized spacial score (nSPS) is 21.0. The van der Waals surface area contributed by atoms with Gasteiger partial charge in [0.2, 0.25) is 11.8 Å². The van der Waals surface area contributed by atoms with Crippen molar-refractivity contribution in [3.05, 3.63) is 83.9 Å². The molecule has 4 N–H and O–H groups in total. The van der Waals surface area contributed by atoms with E-state index < -0.39 is 35.6 Å². The summed E-state index contributed by atoms with van der Waals surface area (Å²) in [5, 5.41) is 18.4. The second kappa shape index (κ2) is 15.9. The van der Waals surface area contributed by atoms with Crippen molar-refractivity contribution in [2.24, 2.45) is 5.92 Å². The number of benzene rings is 2. The average molecular weight is 592 g/mol. The van der Waals surface area contributed by atoms with Crippen LogP contribution in [0.4, 0.5) is 4.79 Å². The molecule has 1 saturated carbocycles. The van der Waals surface area contributed by atoms with Crippen molar-refractivity contribution in [1.29, 1.82) is 0 Å². The van der Waals surface area contributed by atoms with Gasteiger partial charge in [0.25, 0.3) is 0 Å². The first-order valence-electron chi connectivity index (χ1n) is 14.9. The van der Waals surface area contributed by atoms with Crippen molar-refractivity contribution in [3.8, 4) is 0 Å². The minimum atomic E-state index is -0.974. The fourth-order valence-corrected chi connectivity index (χ4v) is 5.50. The van der Waals surface area contributed by atoms with Crippen molar-refractivity contribution < 1.29 is 33.8 Å². The molecule has 0 saturated heterocycles. The van der Waals surface area contributed by atoms with Gasteiger partial charge >= 0.3 is 12.1 Å². The van der Waals surface area contributed by atoms with E-state index in [1.54, 1.807) is 12.2 Å². The molecule has 1 fully saturated rings. The third kappa shape index (κ3) is 9.95. The summed E-state index contributed by atoms with van der Waals surface area (Å²) in [5.41, 5.74) is 1.07. The summed E-state index contributed by atoms with van der Waals surface area (Å²) in [4.78, 5) is 52.0. The number of ether oxygens (including phenoxy) is 2. The van der Waals surface area contributed by atoms with E-state index in [4.69, 9.17) is 9.47 Å². The highest BCUT2D eigenvalue weighted by molar-refractivity contribution is 5.86. The van der Waals surface area contributed by atoms with Crippen LogP contribution in [0.3, 0.4) is 0 Å². The van der Waals surface area contributed by atoms with E-state index in [0.29, 0.717) is 19.3 Å². The summed E-state index contributed by atoms with van der Waals surface area (Å²) in [5.74, 6) is -1.88. The number of amides is 3. The zero-order valence-corrected chi connectivity index (χ0v) is 24.3. The van der Waals surface area contributed by atoms with Gasteiger partial charge in [0.1, 0.15) is 19.3 Å². The lowest BCUT2D eigenvalue weighted by molar-refractivity contribution is -0.149. The zero-order valence-electron chi connectivity index (χ0n) is 24.3. The molecule has 1 aliphatic carbocycles. The first-order chi connectivity index (χ1) is 20.9. The van der Waals surface area contributed by atoms with Crippen LogP contribution in [0, 0.1) is 5.92 Å². The maximum atomic E-state index is 13.5. The average Bonchev–Trinajstić information content (AvgIpc) is 3.48. The Bertz CT molecular complexity index is 1250. The van der Waals surface area contributed by atoms with Gasteiger partial charge in [0.05, 0.1) is 24.1 Å².